The second kappa shape index (κ2) is 5.36. The molecular formula is C12H15N3O2. The van der Waals surface area contributed by atoms with Crippen molar-refractivity contribution in [2.24, 2.45) is 0 Å². The summed E-state index contributed by atoms with van der Waals surface area (Å²) in [5, 5.41) is 16.4. The van der Waals surface area contributed by atoms with Gasteiger partial charge in [0.1, 0.15) is 11.5 Å². The van der Waals surface area contributed by atoms with Crippen molar-refractivity contribution >= 4 is 0 Å². The third-order valence-electron chi connectivity index (χ3n) is 2.27. The van der Waals surface area contributed by atoms with E-state index in [4.69, 9.17) is 9.84 Å². The number of phenols is 1. The SMILES string of the molecule is CNCCn1cc(Oc2ccc(O)cc2)cn1. The van der Waals surface area contributed by atoms with E-state index < -0.39 is 0 Å². The van der Waals surface area contributed by atoms with E-state index >= 15 is 0 Å². The van der Waals surface area contributed by atoms with Crippen LogP contribution < -0.4 is 10.1 Å². The van der Waals surface area contributed by atoms with E-state index in [9.17, 15) is 0 Å². The van der Waals surface area contributed by atoms with Crippen molar-refractivity contribution in [3.8, 4) is 17.2 Å². The summed E-state index contributed by atoms with van der Waals surface area (Å²) in [4.78, 5) is 0. The zero-order valence-corrected chi connectivity index (χ0v) is 9.63. The highest BCUT2D eigenvalue weighted by atomic mass is 16.5. The minimum atomic E-state index is 0.224. The molecule has 0 spiro atoms. The van der Waals surface area contributed by atoms with Crippen molar-refractivity contribution in [1.29, 1.82) is 0 Å². The van der Waals surface area contributed by atoms with Crippen molar-refractivity contribution < 1.29 is 9.84 Å². The van der Waals surface area contributed by atoms with Gasteiger partial charge in [0.05, 0.1) is 18.9 Å². The maximum atomic E-state index is 9.15. The Morgan fingerprint density at radius 1 is 1.29 bits per heavy atom. The van der Waals surface area contributed by atoms with E-state index in [0.29, 0.717) is 11.5 Å². The molecule has 2 rings (SSSR count). The van der Waals surface area contributed by atoms with Crippen LogP contribution >= 0.6 is 0 Å². The lowest BCUT2D eigenvalue weighted by Gasteiger charge is -2.02. The van der Waals surface area contributed by atoms with Crippen molar-refractivity contribution in [3.05, 3.63) is 36.7 Å². The predicted octanol–water partition coefficient (Wildman–Crippen LogP) is 1.60. The molecule has 1 heterocycles. The first-order valence-corrected chi connectivity index (χ1v) is 5.42. The molecule has 1 aromatic carbocycles. The molecule has 17 heavy (non-hydrogen) atoms. The van der Waals surface area contributed by atoms with Crippen molar-refractivity contribution in [2.45, 2.75) is 6.54 Å². The number of nitrogens with one attached hydrogen (secondary N) is 1. The van der Waals surface area contributed by atoms with Gasteiger partial charge in [0.2, 0.25) is 0 Å². The minimum Gasteiger partial charge on any atom is -0.508 e. The maximum absolute atomic E-state index is 9.15. The van der Waals surface area contributed by atoms with Gasteiger partial charge in [-0.2, -0.15) is 5.10 Å². The Labute approximate surface area is 99.6 Å². The molecule has 0 aliphatic carbocycles. The third-order valence-corrected chi connectivity index (χ3v) is 2.27. The number of hydrogen-bond acceptors (Lipinski definition) is 4. The highest BCUT2D eigenvalue weighted by molar-refractivity contribution is 5.33. The number of nitrogens with zero attached hydrogens (tertiary/aromatic N) is 2. The number of hydrogen-bond donors (Lipinski definition) is 2. The van der Waals surface area contributed by atoms with Crippen LogP contribution in [0.1, 0.15) is 0 Å². The number of benzene rings is 1. The summed E-state index contributed by atoms with van der Waals surface area (Å²) in [5.41, 5.74) is 0. The van der Waals surface area contributed by atoms with Crippen LogP contribution in [-0.4, -0.2) is 28.5 Å². The molecule has 5 heteroatoms. The molecule has 0 aliphatic rings. The lowest BCUT2D eigenvalue weighted by Crippen LogP contribution is -2.14. The second-order valence-electron chi connectivity index (χ2n) is 3.64. The summed E-state index contributed by atoms with van der Waals surface area (Å²) in [7, 11) is 1.90. The molecule has 0 bridgehead atoms. The molecule has 0 aliphatic heterocycles. The van der Waals surface area contributed by atoms with Gasteiger partial charge in [0, 0.05) is 6.54 Å². The average Bonchev–Trinajstić information content (AvgIpc) is 2.77. The fraction of sp³-hybridized carbons (Fsp3) is 0.250. The van der Waals surface area contributed by atoms with Crippen molar-refractivity contribution in [2.75, 3.05) is 13.6 Å². The Kier molecular flexibility index (Phi) is 3.62. The quantitative estimate of drug-likeness (QED) is 0.823. The van der Waals surface area contributed by atoms with Crippen molar-refractivity contribution in [3.63, 3.8) is 0 Å². The Morgan fingerprint density at radius 2 is 2.06 bits per heavy atom. The van der Waals surface area contributed by atoms with Gasteiger partial charge in [0.25, 0.3) is 0 Å². The molecule has 2 aromatic rings. The smallest absolute Gasteiger partial charge is 0.165 e. The number of ether oxygens (including phenoxy) is 1. The van der Waals surface area contributed by atoms with E-state index in [1.54, 1.807) is 30.5 Å². The van der Waals surface area contributed by atoms with E-state index in [1.165, 1.54) is 0 Å². The van der Waals surface area contributed by atoms with Gasteiger partial charge in [-0.1, -0.05) is 0 Å². The summed E-state index contributed by atoms with van der Waals surface area (Å²) in [5.74, 6) is 1.59. The van der Waals surface area contributed by atoms with Crippen LogP contribution in [0.25, 0.3) is 0 Å². The maximum Gasteiger partial charge on any atom is 0.165 e. The number of phenolic OH excluding ortho intramolecular Hbond substituents is 1. The molecule has 0 amide bonds. The Bertz CT molecular complexity index is 465. The highest BCUT2D eigenvalue weighted by Crippen LogP contribution is 2.22. The van der Waals surface area contributed by atoms with E-state index in [-0.39, 0.29) is 5.75 Å². The van der Waals surface area contributed by atoms with Crippen LogP contribution in [0.15, 0.2) is 36.7 Å². The van der Waals surface area contributed by atoms with Gasteiger partial charge in [-0.3, -0.25) is 4.68 Å². The molecule has 0 saturated heterocycles. The number of aromatic nitrogens is 2. The topological polar surface area (TPSA) is 59.3 Å². The van der Waals surface area contributed by atoms with Gasteiger partial charge in [-0.25, -0.2) is 0 Å². The number of rotatable bonds is 5. The number of likely N-dealkylation sites (N-methyl/N-ethyl adjacent to an activating group) is 1. The fourth-order valence-corrected chi connectivity index (χ4v) is 1.40. The Balaban J connectivity index is 1.98. The molecular weight excluding hydrogens is 218 g/mol. The van der Waals surface area contributed by atoms with Crippen LogP contribution in [0.4, 0.5) is 0 Å². The Hall–Kier alpha value is -2.01. The van der Waals surface area contributed by atoms with Gasteiger partial charge >= 0.3 is 0 Å². The van der Waals surface area contributed by atoms with E-state index in [1.807, 2.05) is 17.9 Å². The predicted molar refractivity (Wildman–Crippen MR) is 64.3 cm³/mol. The highest BCUT2D eigenvalue weighted by Gasteiger charge is 2.01. The zero-order chi connectivity index (χ0) is 12.1. The lowest BCUT2D eigenvalue weighted by atomic mass is 10.3. The molecule has 0 fully saturated rings. The standard InChI is InChI=1S/C12H15N3O2/c1-13-6-7-15-9-12(8-14-15)17-11-4-2-10(16)3-5-11/h2-5,8-9,13,16H,6-7H2,1H3. The largest absolute Gasteiger partial charge is 0.508 e. The lowest BCUT2D eigenvalue weighted by molar-refractivity contribution is 0.463. The summed E-state index contributed by atoms with van der Waals surface area (Å²) in [6.07, 6.45) is 3.51. The van der Waals surface area contributed by atoms with Gasteiger partial charge < -0.3 is 15.2 Å². The molecule has 0 radical (unpaired) electrons. The first-order chi connectivity index (χ1) is 8.28. The minimum absolute atomic E-state index is 0.224. The van der Waals surface area contributed by atoms with E-state index in [0.717, 1.165) is 13.1 Å². The monoisotopic (exact) mass is 233 g/mol. The molecule has 0 unspecified atom stereocenters. The molecule has 0 saturated carbocycles. The van der Waals surface area contributed by atoms with Crippen LogP contribution in [0.2, 0.25) is 0 Å². The average molecular weight is 233 g/mol. The van der Waals surface area contributed by atoms with Crippen LogP contribution in [0.3, 0.4) is 0 Å². The van der Waals surface area contributed by atoms with Gasteiger partial charge in [-0.05, 0) is 31.3 Å². The Morgan fingerprint density at radius 3 is 2.76 bits per heavy atom. The van der Waals surface area contributed by atoms with Crippen LogP contribution in [0.5, 0.6) is 17.2 Å². The molecule has 1 aromatic heterocycles. The summed E-state index contributed by atoms with van der Waals surface area (Å²) < 4.78 is 7.39. The first kappa shape index (κ1) is 11.5. The number of aromatic hydroxyl groups is 1. The third kappa shape index (κ3) is 3.22. The molecule has 2 N–H and O–H groups in total. The molecule has 0 atom stereocenters. The summed E-state index contributed by atoms with van der Waals surface area (Å²) in [6, 6.07) is 6.59. The second-order valence-corrected chi connectivity index (χ2v) is 3.64. The first-order valence-electron chi connectivity index (χ1n) is 5.42. The van der Waals surface area contributed by atoms with Crippen LogP contribution in [0, 0.1) is 0 Å². The summed E-state index contributed by atoms with van der Waals surface area (Å²) in [6.45, 7) is 1.66. The van der Waals surface area contributed by atoms with Crippen LogP contribution in [-0.2, 0) is 6.54 Å². The van der Waals surface area contributed by atoms with Gasteiger partial charge in [0.15, 0.2) is 5.75 Å². The van der Waals surface area contributed by atoms with Gasteiger partial charge in [-0.15, -0.1) is 0 Å². The zero-order valence-electron chi connectivity index (χ0n) is 9.63. The summed E-state index contributed by atoms with van der Waals surface area (Å²) >= 11 is 0. The molecule has 5 nitrogen and oxygen atoms in total. The molecule has 90 valence electrons. The van der Waals surface area contributed by atoms with E-state index in [2.05, 4.69) is 10.4 Å². The van der Waals surface area contributed by atoms with Crippen molar-refractivity contribution in [1.82, 2.24) is 15.1 Å². The fourth-order valence-electron chi connectivity index (χ4n) is 1.40. The normalized spacial score (nSPS) is 10.4.